The first-order chi connectivity index (χ1) is 14.7. The van der Waals surface area contributed by atoms with Crippen LogP contribution in [0.5, 0.6) is 5.75 Å². The molecule has 3 heterocycles. The zero-order valence-electron chi connectivity index (χ0n) is 17.0. The minimum Gasteiger partial charge on any atom is -0.497 e. The van der Waals surface area contributed by atoms with Crippen LogP contribution in [0.4, 0.5) is 5.82 Å². The van der Waals surface area contributed by atoms with Crippen LogP contribution in [-0.2, 0) is 4.74 Å². The number of carbonyl (C=O) groups excluding carboxylic acids is 1. The van der Waals surface area contributed by atoms with Gasteiger partial charge in [-0.3, -0.25) is 4.79 Å². The largest absolute Gasteiger partial charge is 0.497 e. The zero-order chi connectivity index (χ0) is 20.9. The number of amides is 1. The molecule has 0 bridgehead atoms. The van der Waals surface area contributed by atoms with Gasteiger partial charge in [-0.15, -0.1) is 0 Å². The maximum atomic E-state index is 13.0. The van der Waals surface area contributed by atoms with Crippen LogP contribution in [0.2, 0.25) is 0 Å². The van der Waals surface area contributed by atoms with Gasteiger partial charge >= 0.3 is 0 Å². The Kier molecular flexibility index (Phi) is 5.90. The van der Waals surface area contributed by atoms with Crippen LogP contribution in [0.1, 0.15) is 22.2 Å². The number of rotatable bonds is 5. The molecule has 4 rings (SSSR count). The predicted octanol–water partition coefficient (Wildman–Crippen LogP) is 3.41. The molecular formula is C23H24N4O3. The molecule has 0 radical (unpaired) electrons. The average molecular weight is 404 g/mol. The fourth-order valence-corrected chi connectivity index (χ4v) is 3.45. The first kappa shape index (κ1) is 19.8. The van der Waals surface area contributed by atoms with Gasteiger partial charge in [-0.1, -0.05) is 6.07 Å². The summed E-state index contributed by atoms with van der Waals surface area (Å²) in [5, 5.41) is 2.96. The van der Waals surface area contributed by atoms with E-state index in [1.54, 1.807) is 32.5 Å². The number of anilines is 1. The average Bonchev–Trinajstić information content (AvgIpc) is 2.84. The van der Waals surface area contributed by atoms with Crippen molar-refractivity contribution in [1.82, 2.24) is 14.9 Å². The standard InChI is InChI=1S/C23H24N4O3/c1-24-22-14-17(10-11-25-22)23(28)27-12-13-30-21(15-27)20-5-3-4-19(26-20)16-6-8-18(29-2)9-7-16/h3-11,14,21H,12-13,15H2,1-2H3,(H,24,25). The molecule has 7 nitrogen and oxygen atoms in total. The van der Waals surface area contributed by atoms with Crippen molar-refractivity contribution in [2.45, 2.75) is 6.10 Å². The van der Waals surface area contributed by atoms with Gasteiger partial charge in [0, 0.05) is 30.9 Å². The molecular weight excluding hydrogens is 380 g/mol. The molecule has 1 N–H and O–H groups in total. The Morgan fingerprint density at radius 2 is 2.03 bits per heavy atom. The molecule has 1 atom stereocenters. The topological polar surface area (TPSA) is 76.6 Å². The van der Waals surface area contributed by atoms with Crippen molar-refractivity contribution in [3.05, 3.63) is 72.1 Å². The lowest BCUT2D eigenvalue weighted by molar-refractivity contribution is -0.0246. The van der Waals surface area contributed by atoms with Crippen molar-refractivity contribution in [2.75, 3.05) is 39.2 Å². The van der Waals surface area contributed by atoms with Crippen molar-refractivity contribution in [3.63, 3.8) is 0 Å². The Hall–Kier alpha value is -3.45. The summed E-state index contributed by atoms with van der Waals surface area (Å²) in [6.45, 7) is 1.47. The fourth-order valence-electron chi connectivity index (χ4n) is 3.45. The molecule has 1 amide bonds. The summed E-state index contributed by atoms with van der Waals surface area (Å²) in [7, 11) is 3.43. The number of nitrogens with zero attached hydrogens (tertiary/aromatic N) is 3. The predicted molar refractivity (Wildman–Crippen MR) is 115 cm³/mol. The van der Waals surface area contributed by atoms with Crippen molar-refractivity contribution < 1.29 is 14.3 Å². The van der Waals surface area contributed by atoms with Crippen molar-refractivity contribution in [3.8, 4) is 17.0 Å². The highest BCUT2D eigenvalue weighted by atomic mass is 16.5. The van der Waals surface area contributed by atoms with E-state index in [1.807, 2.05) is 47.4 Å². The maximum absolute atomic E-state index is 13.0. The number of aromatic nitrogens is 2. The lowest BCUT2D eigenvalue weighted by Gasteiger charge is -2.33. The molecule has 1 aromatic carbocycles. The summed E-state index contributed by atoms with van der Waals surface area (Å²) >= 11 is 0. The van der Waals surface area contributed by atoms with Gasteiger partial charge < -0.3 is 19.7 Å². The first-order valence-electron chi connectivity index (χ1n) is 9.84. The van der Waals surface area contributed by atoms with Crippen molar-refractivity contribution >= 4 is 11.7 Å². The zero-order valence-corrected chi connectivity index (χ0v) is 17.0. The Morgan fingerprint density at radius 3 is 2.80 bits per heavy atom. The number of morpholine rings is 1. The minimum absolute atomic E-state index is 0.0338. The third-order valence-electron chi connectivity index (χ3n) is 5.10. The quantitative estimate of drug-likeness (QED) is 0.702. The van der Waals surface area contributed by atoms with Crippen LogP contribution >= 0.6 is 0 Å². The second-order valence-corrected chi connectivity index (χ2v) is 6.97. The van der Waals surface area contributed by atoms with Crippen LogP contribution in [0.3, 0.4) is 0 Å². The van der Waals surface area contributed by atoms with E-state index in [2.05, 4.69) is 10.3 Å². The monoisotopic (exact) mass is 404 g/mol. The van der Waals surface area contributed by atoms with E-state index < -0.39 is 0 Å². The number of carbonyl (C=O) groups is 1. The minimum atomic E-state index is -0.272. The fraction of sp³-hybridized carbons (Fsp3) is 0.261. The smallest absolute Gasteiger partial charge is 0.254 e. The molecule has 2 aromatic heterocycles. The van der Waals surface area contributed by atoms with Crippen molar-refractivity contribution in [2.24, 2.45) is 0 Å². The van der Waals surface area contributed by atoms with Gasteiger partial charge in [0.2, 0.25) is 0 Å². The molecule has 1 aliphatic heterocycles. The van der Waals surface area contributed by atoms with Gasteiger partial charge in [-0.25, -0.2) is 9.97 Å². The first-order valence-corrected chi connectivity index (χ1v) is 9.84. The van der Waals surface area contributed by atoms with E-state index in [-0.39, 0.29) is 12.0 Å². The number of pyridine rings is 2. The molecule has 7 heteroatoms. The summed E-state index contributed by atoms with van der Waals surface area (Å²) in [5.74, 6) is 1.44. The summed E-state index contributed by atoms with van der Waals surface area (Å²) < 4.78 is 11.2. The molecule has 1 unspecified atom stereocenters. The van der Waals surface area contributed by atoms with Gasteiger partial charge in [0.15, 0.2) is 0 Å². The third kappa shape index (κ3) is 4.26. The molecule has 0 saturated carbocycles. The van der Waals surface area contributed by atoms with Crippen molar-refractivity contribution in [1.29, 1.82) is 0 Å². The van der Waals surface area contributed by atoms with Crippen LogP contribution in [-0.4, -0.2) is 54.6 Å². The molecule has 1 fully saturated rings. The van der Waals surface area contributed by atoms with Gasteiger partial charge in [-0.05, 0) is 48.5 Å². The Balaban J connectivity index is 1.52. The number of ether oxygens (including phenoxy) is 2. The lowest BCUT2D eigenvalue weighted by atomic mass is 10.1. The van der Waals surface area contributed by atoms with Gasteiger partial charge in [0.1, 0.15) is 17.7 Å². The second-order valence-electron chi connectivity index (χ2n) is 6.97. The number of hydrogen-bond donors (Lipinski definition) is 1. The van der Waals surface area contributed by atoms with E-state index in [9.17, 15) is 4.79 Å². The van der Waals surface area contributed by atoms with E-state index >= 15 is 0 Å². The highest BCUT2D eigenvalue weighted by molar-refractivity contribution is 5.94. The van der Waals surface area contributed by atoms with E-state index in [4.69, 9.17) is 14.5 Å². The lowest BCUT2D eigenvalue weighted by Crippen LogP contribution is -2.42. The summed E-state index contributed by atoms with van der Waals surface area (Å²) in [5.41, 5.74) is 3.27. The molecule has 30 heavy (non-hydrogen) atoms. The highest BCUT2D eigenvalue weighted by Crippen LogP contribution is 2.26. The summed E-state index contributed by atoms with van der Waals surface area (Å²) in [6.07, 6.45) is 1.36. The molecule has 1 aliphatic rings. The number of methoxy groups -OCH3 is 1. The number of nitrogens with one attached hydrogen (secondary N) is 1. The third-order valence-corrected chi connectivity index (χ3v) is 5.10. The van der Waals surface area contributed by atoms with Gasteiger partial charge in [0.25, 0.3) is 5.91 Å². The molecule has 0 aliphatic carbocycles. The molecule has 3 aromatic rings. The highest BCUT2D eigenvalue weighted by Gasteiger charge is 2.27. The van der Waals surface area contributed by atoms with Crippen LogP contribution < -0.4 is 10.1 Å². The SMILES string of the molecule is CNc1cc(C(=O)N2CCOC(c3cccc(-c4ccc(OC)cc4)n3)C2)ccn1. The number of benzene rings is 1. The Labute approximate surface area is 175 Å². The van der Waals surface area contributed by atoms with Crippen LogP contribution in [0.25, 0.3) is 11.3 Å². The Morgan fingerprint density at radius 1 is 1.20 bits per heavy atom. The summed E-state index contributed by atoms with van der Waals surface area (Å²) in [4.78, 5) is 23.8. The van der Waals surface area contributed by atoms with E-state index in [1.165, 1.54) is 0 Å². The molecule has 1 saturated heterocycles. The molecule has 0 spiro atoms. The van der Waals surface area contributed by atoms with Gasteiger partial charge in [0.05, 0.1) is 31.6 Å². The van der Waals surface area contributed by atoms with E-state index in [0.29, 0.717) is 31.1 Å². The number of hydrogen-bond acceptors (Lipinski definition) is 6. The normalized spacial score (nSPS) is 16.2. The van der Waals surface area contributed by atoms with Crippen LogP contribution in [0.15, 0.2) is 60.8 Å². The molecule has 154 valence electrons. The summed E-state index contributed by atoms with van der Waals surface area (Å²) in [6, 6.07) is 17.1. The maximum Gasteiger partial charge on any atom is 0.254 e. The second kappa shape index (κ2) is 8.92. The van der Waals surface area contributed by atoms with Crippen LogP contribution in [0, 0.1) is 0 Å². The van der Waals surface area contributed by atoms with Gasteiger partial charge in [-0.2, -0.15) is 0 Å². The van der Waals surface area contributed by atoms with E-state index in [0.717, 1.165) is 22.7 Å². The Bertz CT molecular complexity index is 1020.